The lowest BCUT2D eigenvalue weighted by molar-refractivity contribution is -0.137. The van der Waals surface area contributed by atoms with Crippen LogP contribution in [-0.2, 0) is 6.18 Å². The molecule has 0 atom stereocenters. The van der Waals surface area contributed by atoms with Crippen molar-refractivity contribution in [3.63, 3.8) is 0 Å². The Bertz CT molecular complexity index is 609. The standard InChI is InChI=1S/C11H6F3NO3S/c12-11(13,14)6-2-1-3-7(4-6)18-10-15-8(5-19-10)9(16)17/h1-5H,(H,16,17). The van der Waals surface area contributed by atoms with E-state index < -0.39 is 17.7 Å². The van der Waals surface area contributed by atoms with E-state index in [4.69, 9.17) is 9.84 Å². The van der Waals surface area contributed by atoms with Crippen LogP contribution in [-0.4, -0.2) is 16.1 Å². The summed E-state index contributed by atoms with van der Waals surface area (Å²) in [6.45, 7) is 0. The van der Waals surface area contributed by atoms with E-state index in [0.29, 0.717) is 0 Å². The first-order valence-corrected chi connectivity index (χ1v) is 5.78. The monoisotopic (exact) mass is 289 g/mol. The van der Waals surface area contributed by atoms with Crippen LogP contribution in [0.15, 0.2) is 29.6 Å². The Morgan fingerprint density at radius 2 is 2.11 bits per heavy atom. The van der Waals surface area contributed by atoms with Crippen LogP contribution in [0.4, 0.5) is 13.2 Å². The number of aromatic carboxylic acids is 1. The van der Waals surface area contributed by atoms with Crippen LogP contribution < -0.4 is 4.74 Å². The Kier molecular flexibility index (Phi) is 3.43. The number of alkyl halides is 3. The predicted octanol–water partition coefficient (Wildman–Crippen LogP) is 3.65. The van der Waals surface area contributed by atoms with Gasteiger partial charge in [-0.15, -0.1) is 0 Å². The molecule has 1 heterocycles. The highest BCUT2D eigenvalue weighted by atomic mass is 32.1. The zero-order valence-corrected chi connectivity index (χ0v) is 9.96. The van der Waals surface area contributed by atoms with E-state index in [9.17, 15) is 18.0 Å². The highest BCUT2D eigenvalue weighted by molar-refractivity contribution is 7.11. The fourth-order valence-electron chi connectivity index (χ4n) is 1.24. The summed E-state index contributed by atoms with van der Waals surface area (Å²) in [6.07, 6.45) is -4.46. The molecule has 1 aromatic heterocycles. The average molecular weight is 289 g/mol. The molecule has 0 aliphatic heterocycles. The molecule has 4 nitrogen and oxygen atoms in total. The largest absolute Gasteiger partial charge is 0.476 e. The summed E-state index contributed by atoms with van der Waals surface area (Å²) < 4.78 is 42.5. The smallest absolute Gasteiger partial charge is 0.416 e. The van der Waals surface area contributed by atoms with Gasteiger partial charge in [0.05, 0.1) is 5.56 Å². The first-order valence-electron chi connectivity index (χ1n) is 4.90. The highest BCUT2D eigenvalue weighted by Gasteiger charge is 2.30. The van der Waals surface area contributed by atoms with Crippen LogP contribution in [0.3, 0.4) is 0 Å². The minimum absolute atomic E-state index is 0.0308. The van der Waals surface area contributed by atoms with Gasteiger partial charge in [0, 0.05) is 5.38 Å². The van der Waals surface area contributed by atoms with E-state index in [1.165, 1.54) is 17.5 Å². The molecule has 0 saturated heterocycles. The van der Waals surface area contributed by atoms with Gasteiger partial charge in [-0.1, -0.05) is 17.4 Å². The number of rotatable bonds is 3. The van der Waals surface area contributed by atoms with Gasteiger partial charge in [0.2, 0.25) is 0 Å². The zero-order chi connectivity index (χ0) is 14.0. The normalized spacial score (nSPS) is 11.3. The molecule has 0 fully saturated rings. The lowest BCUT2D eigenvalue weighted by Gasteiger charge is -2.08. The van der Waals surface area contributed by atoms with Crippen molar-refractivity contribution in [3.05, 3.63) is 40.9 Å². The number of carboxylic acids is 1. The summed E-state index contributed by atoms with van der Waals surface area (Å²) >= 11 is 0.891. The number of ether oxygens (including phenoxy) is 1. The van der Waals surface area contributed by atoms with Gasteiger partial charge in [-0.25, -0.2) is 4.79 Å². The van der Waals surface area contributed by atoms with Gasteiger partial charge in [-0.3, -0.25) is 0 Å². The van der Waals surface area contributed by atoms with Crippen molar-refractivity contribution >= 4 is 17.3 Å². The topological polar surface area (TPSA) is 59.4 Å². The molecule has 0 spiro atoms. The highest BCUT2D eigenvalue weighted by Crippen LogP contribution is 2.33. The maximum absolute atomic E-state index is 12.5. The third-order valence-corrected chi connectivity index (χ3v) is 2.79. The molecule has 8 heteroatoms. The van der Waals surface area contributed by atoms with Crippen LogP contribution >= 0.6 is 11.3 Å². The summed E-state index contributed by atoms with van der Waals surface area (Å²) in [7, 11) is 0. The van der Waals surface area contributed by atoms with Crippen LogP contribution in [0.1, 0.15) is 16.1 Å². The molecule has 0 aliphatic carbocycles. The summed E-state index contributed by atoms with van der Waals surface area (Å²) in [5, 5.41) is 9.87. The molecule has 100 valence electrons. The Hall–Kier alpha value is -2.09. The number of carbonyl (C=O) groups is 1. The lowest BCUT2D eigenvalue weighted by atomic mass is 10.2. The molecule has 0 amide bonds. The number of aromatic nitrogens is 1. The quantitative estimate of drug-likeness (QED) is 0.937. The molecule has 0 saturated carbocycles. The van der Waals surface area contributed by atoms with Crippen molar-refractivity contribution in [2.24, 2.45) is 0 Å². The van der Waals surface area contributed by atoms with Gasteiger partial charge in [0.15, 0.2) is 5.69 Å². The number of nitrogens with zero attached hydrogens (tertiary/aromatic N) is 1. The maximum Gasteiger partial charge on any atom is 0.416 e. The maximum atomic E-state index is 12.5. The minimum Gasteiger partial charge on any atom is -0.476 e. The van der Waals surface area contributed by atoms with Gasteiger partial charge in [0.25, 0.3) is 5.19 Å². The molecule has 2 rings (SSSR count). The minimum atomic E-state index is -4.46. The van der Waals surface area contributed by atoms with E-state index >= 15 is 0 Å². The van der Waals surface area contributed by atoms with Crippen molar-refractivity contribution in [3.8, 4) is 10.9 Å². The Balaban J connectivity index is 2.21. The Morgan fingerprint density at radius 3 is 2.68 bits per heavy atom. The van der Waals surface area contributed by atoms with Crippen LogP contribution in [0, 0.1) is 0 Å². The molecule has 19 heavy (non-hydrogen) atoms. The van der Waals surface area contributed by atoms with E-state index in [0.717, 1.165) is 23.5 Å². The zero-order valence-electron chi connectivity index (χ0n) is 9.14. The third-order valence-electron chi connectivity index (χ3n) is 2.07. The SMILES string of the molecule is O=C(O)c1csc(Oc2cccc(C(F)(F)F)c2)n1. The van der Waals surface area contributed by atoms with Gasteiger partial charge in [-0.2, -0.15) is 18.2 Å². The molecule has 0 radical (unpaired) electrons. The van der Waals surface area contributed by atoms with E-state index in [2.05, 4.69) is 4.98 Å². The molecule has 2 aromatic rings. The van der Waals surface area contributed by atoms with Crippen LogP contribution in [0.25, 0.3) is 0 Å². The van der Waals surface area contributed by atoms with Crippen molar-refractivity contribution in [2.45, 2.75) is 6.18 Å². The van der Waals surface area contributed by atoms with Crippen molar-refractivity contribution in [1.82, 2.24) is 4.98 Å². The second-order valence-electron chi connectivity index (χ2n) is 3.43. The number of carboxylic acid groups (broad SMARTS) is 1. The second-order valence-corrected chi connectivity index (χ2v) is 4.25. The molecular formula is C11H6F3NO3S. The van der Waals surface area contributed by atoms with E-state index in [-0.39, 0.29) is 16.6 Å². The molecular weight excluding hydrogens is 283 g/mol. The first kappa shape index (κ1) is 13.3. The number of hydrogen-bond acceptors (Lipinski definition) is 4. The fourth-order valence-corrected chi connectivity index (χ4v) is 1.90. The third kappa shape index (κ3) is 3.22. The second kappa shape index (κ2) is 4.88. The molecule has 0 aliphatic rings. The molecule has 1 N–H and O–H groups in total. The van der Waals surface area contributed by atoms with Crippen molar-refractivity contribution in [1.29, 1.82) is 0 Å². The predicted molar refractivity (Wildman–Crippen MR) is 60.6 cm³/mol. The van der Waals surface area contributed by atoms with Crippen molar-refractivity contribution in [2.75, 3.05) is 0 Å². The Morgan fingerprint density at radius 1 is 1.37 bits per heavy atom. The molecule has 0 unspecified atom stereocenters. The van der Waals surface area contributed by atoms with Gasteiger partial charge in [-0.05, 0) is 18.2 Å². The summed E-state index contributed by atoms with van der Waals surface area (Å²) in [5.74, 6) is -1.28. The first-order chi connectivity index (χ1) is 8.86. The molecule has 1 aromatic carbocycles. The van der Waals surface area contributed by atoms with E-state index in [1.54, 1.807) is 0 Å². The number of thiazole rings is 1. The summed E-state index contributed by atoms with van der Waals surface area (Å²) in [6, 6.07) is 4.26. The van der Waals surface area contributed by atoms with Crippen LogP contribution in [0.5, 0.6) is 10.9 Å². The number of benzene rings is 1. The lowest BCUT2D eigenvalue weighted by Crippen LogP contribution is -2.04. The van der Waals surface area contributed by atoms with Crippen LogP contribution in [0.2, 0.25) is 0 Å². The van der Waals surface area contributed by atoms with E-state index in [1.807, 2.05) is 0 Å². The number of hydrogen-bond donors (Lipinski definition) is 1. The van der Waals surface area contributed by atoms with Crippen molar-refractivity contribution < 1.29 is 27.8 Å². The number of halogens is 3. The Labute approximate surface area is 109 Å². The fraction of sp³-hybridized carbons (Fsp3) is 0.0909. The van der Waals surface area contributed by atoms with Gasteiger partial charge in [0.1, 0.15) is 5.75 Å². The summed E-state index contributed by atoms with van der Waals surface area (Å²) in [5.41, 5.74) is -1.06. The summed E-state index contributed by atoms with van der Waals surface area (Å²) in [4.78, 5) is 14.2. The van der Waals surface area contributed by atoms with Gasteiger partial charge >= 0.3 is 12.1 Å². The van der Waals surface area contributed by atoms with Gasteiger partial charge < -0.3 is 9.84 Å². The molecule has 0 bridgehead atoms. The average Bonchev–Trinajstić information content (AvgIpc) is 2.77.